The molecule has 0 atom stereocenters. The van der Waals surface area contributed by atoms with Crippen molar-refractivity contribution in [2.45, 2.75) is 19.8 Å². The summed E-state index contributed by atoms with van der Waals surface area (Å²) in [5.74, 6) is 1.93. The molecule has 0 bridgehead atoms. The van der Waals surface area contributed by atoms with Crippen LogP contribution in [0.2, 0.25) is 0 Å². The number of nitrogens with zero attached hydrogens (tertiary/aromatic N) is 3. The smallest absolute Gasteiger partial charge is 0.182 e. The van der Waals surface area contributed by atoms with Gasteiger partial charge in [0.1, 0.15) is 5.82 Å². The SMILES string of the molecule is CC(C)c1nc(-c2ccc(-c3ccccc3)nc2)n[nH]1. The minimum Gasteiger partial charge on any atom is -0.262 e. The minimum absolute atomic E-state index is 0.341. The highest BCUT2D eigenvalue weighted by atomic mass is 15.2. The van der Waals surface area contributed by atoms with Gasteiger partial charge in [-0.2, -0.15) is 5.10 Å². The van der Waals surface area contributed by atoms with E-state index in [1.807, 2.05) is 48.7 Å². The number of H-pyrrole nitrogens is 1. The zero-order valence-corrected chi connectivity index (χ0v) is 11.5. The van der Waals surface area contributed by atoms with Crippen molar-refractivity contribution in [2.24, 2.45) is 0 Å². The van der Waals surface area contributed by atoms with Gasteiger partial charge in [-0.3, -0.25) is 10.1 Å². The standard InChI is InChI=1S/C16H16N4/c1-11(2)15-18-16(20-19-15)13-8-9-14(17-10-13)12-6-4-3-5-7-12/h3-11H,1-2H3,(H,18,19,20). The summed E-state index contributed by atoms with van der Waals surface area (Å²) in [5.41, 5.74) is 2.98. The van der Waals surface area contributed by atoms with Gasteiger partial charge in [0, 0.05) is 23.2 Å². The van der Waals surface area contributed by atoms with Gasteiger partial charge in [-0.15, -0.1) is 0 Å². The van der Waals surface area contributed by atoms with Crippen molar-refractivity contribution < 1.29 is 0 Å². The van der Waals surface area contributed by atoms with E-state index in [2.05, 4.69) is 34.0 Å². The lowest BCUT2D eigenvalue weighted by Crippen LogP contribution is -1.89. The molecule has 0 saturated carbocycles. The molecule has 0 aliphatic heterocycles. The lowest BCUT2D eigenvalue weighted by atomic mass is 10.1. The van der Waals surface area contributed by atoms with Gasteiger partial charge in [-0.05, 0) is 12.1 Å². The first-order valence-electron chi connectivity index (χ1n) is 6.68. The molecule has 0 radical (unpaired) electrons. The van der Waals surface area contributed by atoms with Gasteiger partial charge in [0.15, 0.2) is 5.82 Å². The third kappa shape index (κ3) is 2.45. The number of aromatic nitrogens is 4. The summed E-state index contributed by atoms with van der Waals surface area (Å²) < 4.78 is 0. The minimum atomic E-state index is 0.341. The Labute approximate surface area is 117 Å². The van der Waals surface area contributed by atoms with Crippen LogP contribution < -0.4 is 0 Å². The third-order valence-corrected chi connectivity index (χ3v) is 3.14. The molecule has 0 aliphatic carbocycles. The van der Waals surface area contributed by atoms with Crippen LogP contribution in [0.15, 0.2) is 48.7 Å². The second-order valence-electron chi connectivity index (χ2n) is 5.00. The average Bonchev–Trinajstić information content (AvgIpc) is 2.98. The number of aromatic amines is 1. The van der Waals surface area contributed by atoms with Gasteiger partial charge in [0.05, 0.1) is 5.69 Å². The van der Waals surface area contributed by atoms with Gasteiger partial charge in [-0.25, -0.2) is 4.98 Å². The first-order valence-corrected chi connectivity index (χ1v) is 6.68. The van der Waals surface area contributed by atoms with E-state index in [-0.39, 0.29) is 0 Å². The maximum atomic E-state index is 4.49. The molecule has 1 N–H and O–H groups in total. The van der Waals surface area contributed by atoms with E-state index in [1.54, 1.807) is 0 Å². The Bertz CT molecular complexity index is 684. The quantitative estimate of drug-likeness (QED) is 0.785. The summed E-state index contributed by atoms with van der Waals surface area (Å²) in [6.45, 7) is 4.17. The van der Waals surface area contributed by atoms with Crippen LogP contribution in [-0.4, -0.2) is 20.2 Å². The molecule has 3 aromatic rings. The van der Waals surface area contributed by atoms with Crippen LogP contribution in [0.3, 0.4) is 0 Å². The number of pyridine rings is 1. The van der Waals surface area contributed by atoms with E-state index in [1.165, 1.54) is 0 Å². The van der Waals surface area contributed by atoms with Crippen LogP contribution in [0.4, 0.5) is 0 Å². The Morgan fingerprint density at radius 1 is 0.950 bits per heavy atom. The second kappa shape index (κ2) is 5.25. The summed E-state index contributed by atoms with van der Waals surface area (Å²) in [6, 6.07) is 14.1. The fourth-order valence-electron chi connectivity index (χ4n) is 1.97. The van der Waals surface area contributed by atoms with Crippen molar-refractivity contribution in [1.82, 2.24) is 20.2 Å². The van der Waals surface area contributed by atoms with Crippen molar-refractivity contribution in [3.05, 3.63) is 54.5 Å². The maximum Gasteiger partial charge on any atom is 0.182 e. The monoisotopic (exact) mass is 264 g/mol. The number of hydrogen-bond acceptors (Lipinski definition) is 3. The lowest BCUT2D eigenvalue weighted by Gasteiger charge is -2.01. The van der Waals surface area contributed by atoms with Crippen molar-refractivity contribution in [3.8, 4) is 22.6 Å². The molecule has 0 spiro atoms. The van der Waals surface area contributed by atoms with E-state index in [0.29, 0.717) is 11.7 Å². The molecule has 2 aromatic heterocycles. The summed E-state index contributed by atoms with van der Waals surface area (Å²) in [5, 5.41) is 7.20. The van der Waals surface area contributed by atoms with Gasteiger partial charge in [-0.1, -0.05) is 44.2 Å². The average molecular weight is 264 g/mol. The lowest BCUT2D eigenvalue weighted by molar-refractivity contribution is 0.781. The van der Waals surface area contributed by atoms with E-state index in [9.17, 15) is 0 Å². The number of nitrogens with one attached hydrogen (secondary N) is 1. The summed E-state index contributed by atoms with van der Waals surface area (Å²) in [6.07, 6.45) is 1.82. The van der Waals surface area contributed by atoms with Gasteiger partial charge < -0.3 is 0 Å². The largest absolute Gasteiger partial charge is 0.262 e. The molecule has 0 aliphatic rings. The van der Waals surface area contributed by atoms with Gasteiger partial charge in [0.25, 0.3) is 0 Å². The molecule has 0 saturated heterocycles. The van der Waals surface area contributed by atoms with E-state index in [0.717, 1.165) is 22.6 Å². The number of rotatable bonds is 3. The molecule has 0 unspecified atom stereocenters. The highest BCUT2D eigenvalue weighted by Gasteiger charge is 2.09. The van der Waals surface area contributed by atoms with Crippen LogP contribution in [0.25, 0.3) is 22.6 Å². The van der Waals surface area contributed by atoms with Crippen molar-refractivity contribution in [2.75, 3.05) is 0 Å². The van der Waals surface area contributed by atoms with E-state index in [4.69, 9.17) is 0 Å². The Hall–Kier alpha value is -2.49. The maximum absolute atomic E-state index is 4.49. The zero-order valence-electron chi connectivity index (χ0n) is 11.5. The molecular weight excluding hydrogens is 248 g/mol. The second-order valence-corrected chi connectivity index (χ2v) is 5.00. The number of benzene rings is 1. The molecule has 4 heteroatoms. The molecule has 0 amide bonds. The van der Waals surface area contributed by atoms with Crippen LogP contribution in [0.1, 0.15) is 25.6 Å². The molecule has 4 nitrogen and oxygen atoms in total. The van der Waals surface area contributed by atoms with Crippen molar-refractivity contribution in [1.29, 1.82) is 0 Å². The van der Waals surface area contributed by atoms with Crippen LogP contribution in [-0.2, 0) is 0 Å². The van der Waals surface area contributed by atoms with Crippen LogP contribution in [0, 0.1) is 0 Å². The third-order valence-electron chi connectivity index (χ3n) is 3.14. The first kappa shape index (κ1) is 12.5. The predicted molar refractivity (Wildman–Crippen MR) is 79.1 cm³/mol. The molecule has 1 aromatic carbocycles. The highest BCUT2D eigenvalue weighted by molar-refractivity contribution is 5.62. The summed E-state index contributed by atoms with van der Waals surface area (Å²) in [7, 11) is 0. The van der Waals surface area contributed by atoms with Crippen molar-refractivity contribution in [3.63, 3.8) is 0 Å². The van der Waals surface area contributed by atoms with Crippen LogP contribution >= 0.6 is 0 Å². The first-order chi connectivity index (χ1) is 9.74. The number of hydrogen-bond donors (Lipinski definition) is 1. The molecule has 2 heterocycles. The van der Waals surface area contributed by atoms with Gasteiger partial charge in [0.2, 0.25) is 0 Å². The Morgan fingerprint density at radius 2 is 1.75 bits per heavy atom. The van der Waals surface area contributed by atoms with Crippen molar-refractivity contribution >= 4 is 0 Å². The zero-order chi connectivity index (χ0) is 13.9. The Balaban J connectivity index is 1.89. The summed E-state index contributed by atoms with van der Waals surface area (Å²) in [4.78, 5) is 8.96. The summed E-state index contributed by atoms with van der Waals surface area (Å²) >= 11 is 0. The topological polar surface area (TPSA) is 54.5 Å². The normalized spacial score (nSPS) is 10.9. The molecule has 20 heavy (non-hydrogen) atoms. The van der Waals surface area contributed by atoms with Crippen LogP contribution in [0.5, 0.6) is 0 Å². The molecule has 0 fully saturated rings. The molecule has 100 valence electrons. The van der Waals surface area contributed by atoms with E-state index >= 15 is 0 Å². The Morgan fingerprint density at radius 3 is 2.35 bits per heavy atom. The van der Waals surface area contributed by atoms with Gasteiger partial charge >= 0.3 is 0 Å². The Kier molecular flexibility index (Phi) is 3.29. The fraction of sp³-hybridized carbons (Fsp3) is 0.188. The highest BCUT2D eigenvalue weighted by Crippen LogP contribution is 2.21. The van der Waals surface area contributed by atoms with E-state index < -0.39 is 0 Å². The predicted octanol–water partition coefficient (Wildman–Crippen LogP) is 3.66. The fourth-order valence-corrected chi connectivity index (χ4v) is 1.97. The molecular formula is C16H16N4. The molecule has 3 rings (SSSR count).